The van der Waals surface area contributed by atoms with Crippen molar-refractivity contribution < 1.29 is 4.74 Å². The average molecular weight is 243 g/mol. The maximum absolute atomic E-state index is 5.42. The molecule has 0 saturated carbocycles. The van der Waals surface area contributed by atoms with Gasteiger partial charge in [0.1, 0.15) is 0 Å². The maximum atomic E-state index is 5.42. The van der Waals surface area contributed by atoms with E-state index in [2.05, 4.69) is 28.8 Å². The van der Waals surface area contributed by atoms with Gasteiger partial charge in [0.2, 0.25) is 0 Å². The highest BCUT2D eigenvalue weighted by Crippen LogP contribution is 2.27. The van der Waals surface area contributed by atoms with Gasteiger partial charge in [-0.25, -0.2) is 0 Å². The van der Waals surface area contributed by atoms with Crippen molar-refractivity contribution >= 4 is 11.5 Å². The Morgan fingerprint density at radius 1 is 1.50 bits per heavy atom. The number of aryl methyl sites for hydroxylation is 1. The fourth-order valence-corrected chi connectivity index (χ4v) is 2.34. The van der Waals surface area contributed by atoms with Gasteiger partial charge in [0.25, 0.3) is 0 Å². The Labute approximate surface area is 102 Å². The molecule has 0 aliphatic rings. The summed E-state index contributed by atoms with van der Waals surface area (Å²) in [6, 6.07) is 0.328. The number of hydrogen-bond donors (Lipinski definition) is 1. The van der Waals surface area contributed by atoms with Gasteiger partial charge >= 0.3 is 0 Å². The minimum absolute atomic E-state index is 0.0683. The molecule has 1 heterocycles. The Balaban J connectivity index is 2.60. The number of rotatable bonds is 6. The van der Waals surface area contributed by atoms with E-state index in [1.54, 1.807) is 7.11 Å². The predicted octanol–water partition coefficient (Wildman–Crippen LogP) is 2.31. The first-order valence-corrected chi connectivity index (χ1v) is 6.29. The first-order chi connectivity index (χ1) is 7.50. The van der Waals surface area contributed by atoms with Gasteiger partial charge in [0.15, 0.2) is 0 Å². The lowest BCUT2D eigenvalue weighted by Gasteiger charge is -2.25. The van der Waals surface area contributed by atoms with Gasteiger partial charge in [0.05, 0.1) is 16.2 Å². The van der Waals surface area contributed by atoms with Crippen molar-refractivity contribution in [3.8, 4) is 0 Å². The SMILES string of the molecule is CNC(CCC(C)(C)OC)c1snnc1C. The lowest BCUT2D eigenvalue weighted by molar-refractivity contribution is 0.0119. The van der Waals surface area contributed by atoms with Crippen LogP contribution >= 0.6 is 11.5 Å². The third-order valence-corrected chi connectivity index (χ3v) is 3.88. The smallest absolute Gasteiger partial charge is 0.0772 e. The van der Waals surface area contributed by atoms with Crippen molar-refractivity contribution in [2.75, 3.05) is 14.2 Å². The molecular weight excluding hydrogens is 222 g/mol. The molecule has 16 heavy (non-hydrogen) atoms. The van der Waals surface area contributed by atoms with Crippen LogP contribution in [0.2, 0.25) is 0 Å². The second kappa shape index (κ2) is 5.70. The molecule has 1 aromatic rings. The van der Waals surface area contributed by atoms with Crippen molar-refractivity contribution in [1.29, 1.82) is 0 Å². The van der Waals surface area contributed by atoms with Crippen molar-refractivity contribution in [3.63, 3.8) is 0 Å². The molecule has 1 N–H and O–H groups in total. The molecule has 0 aromatic carbocycles. The Kier molecular flexibility index (Phi) is 4.83. The van der Waals surface area contributed by atoms with E-state index in [1.807, 2.05) is 14.0 Å². The van der Waals surface area contributed by atoms with E-state index in [9.17, 15) is 0 Å². The highest BCUT2D eigenvalue weighted by molar-refractivity contribution is 7.05. The molecule has 0 radical (unpaired) electrons. The summed E-state index contributed by atoms with van der Waals surface area (Å²) in [7, 11) is 3.73. The molecular formula is C11H21N3OS. The standard InChI is InChI=1S/C11H21N3OS/c1-8-10(16-14-13-8)9(12-4)6-7-11(2,3)15-5/h9,12H,6-7H2,1-5H3. The molecule has 0 aliphatic carbocycles. The maximum Gasteiger partial charge on any atom is 0.0772 e. The van der Waals surface area contributed by atoms with Crippen LogP contribution in [0, 0.1) is 6.92 Å². The van der Waals surface area contributed by atoms with Gasteiger partial charge in [-0.15, -0.1) is 5.10 Å². The van der Waals surface area contributed by atoms with Gasteiger partial charge in [0, 0.05) is 13.2 Å². The van der Waals surface area contributed by atoms with Gasteiger partial charge < -0.3 is 10.1 Å². The summed E-state index contributed by atoms with van der Waals surface area (Å²) in [5.74, 6) is 0. The molecule has 0 aliphatic heterocycles. The highest BCUT2D eigenvalue weighted by atomic mass is 32.1. The molecule has 5 heteroatoms. The van der Waals surface area contributed by atoms with E-state index < -0.39 is 0 Å². The van der Waals surface area contributed by atoms with E-state index in [4.69, 9.17) is 4.74 Å². The predicted molar refractivity (Wildman–Crippen MR) is 66.8 cm³/mol. The van der Waals surface area contributed by atoms with Crippen LogP contribution in [0.3, 0.4) is 0 Å². The molecule has 1 aromatic heterocycles. The number of methoxy groups -OCH3 is 1. The second-order valence-corrected chi connectivity index (χ2v) is 5.35. The normalized spacial score (nSPS) is 14.1. The highest BCUT2D eigenvalue weighted by Gasteiger charge is 2.21. The largest absolute Gasteiger partial charge is 0.379 e. The Hall–Kier alpha value is -0.520. The fraction of sp³-hybridized carbons (Fsp3) is 0.818. The van der Waals surface area contributed by atoms with Crippen LogP contribution < -0.4 is 5.32 Å². The molecule has 0 amide bonds. The van der Waals surface area contributed by atoms with Gasteiger partial charge in [-0.1, -0.05) is 4.49 Å². The summed E-state index contributed by atoms with van der Waals surface area (Å²) < 4.78 is 9.40. The van der Waals surface area contributed by atoms with Crippen molar-refractivity contribution in [2.24, 2.45) is 0 Å². The van der Waals surface area contributed by atoms with Gasteiger partial charge in [-0.2, -0.15) is 0 Å². The molecule has 1 atom stereocenters. The summed E-state index contributed by atoms with van der Waals surface area (Å²) in [5, 5.41) is 7.36. The number of aromatic nitrogens is 2. The second-order valence-electron chi connectivity index (χ2n) is 4.57. The first kappa shape index (κ1) is 13.5. The lowest BCUT2D eigenvalue weighted by atomic mass is 9.98. The van der Waals surface area contributed by atoms with Crippen LogP contribution in [-0.4, -0.2) is 29.3 Å². The molecule has 0 saturated heterocycles. The van der Waals surface area contributed by atoms with Crippen molar-refractivity contribution in [1.82, 2.24) is 14.9 Å². The van der Waals surface area contributed by atoms with Crippen LogP contribution in [-0.2, 0) is 4.74 Å². The van der Waals surface area contributed by atoms with Gasteiger partial charge in [-0.05, 0) is 52.2 Å². The molecule has 1 unspecified atom stereocenters. The monoisotopic (exact) mass is 243 g/mol. The quantitative estimate of drug-likeness (QED) is 0.833. The fourth-order valence-electron chi connectivity index (χ4n) is 1.56. The van der Waals surface area contributed by atoms with Crippen molar-refractivity contribution in [3.05, 3.63) is 10.6 Å². The molecule has 0 fully saturated rings. The lowest BCUT2D eigenvalue weighted by Crippen LogP contribution is -2.25. The third kappa shape index (κ3) is 3.50. The van der Waals surface area contributed by atoms with E-state index in [0.717, 1.165) is 18.5 Å². The number of hydrogen-bond acceptors (Lipinski definition) is 5. The van der Waals surface area contributed by atoms with E-state index >= 15 is 0 Å². The molecule has 0 bridgehead atoms. The summed E-state index contributed by atoms with van der Waals surface area (Å²) in [5.41, 5.74) is 0.959. The Morgan fingerprint density at radius 2 is 2.19 bits per heavy atom. The zero-order chi connectivity index (χ0) is 12.2. The van der Waals surface area contributed by atoms with Crippen LogP contribution in [0.1, 0.15) is 43.3 Å². The Morgan fingerprint density at radius 3 is 2.62 bits per heavy atom. The Bertz CT molecular complexity index is 325. The minimum atomic E-state index is -0.0683. The van der Waals surface area contributed by atoms with E-state index in [0.29, 0.717) is 6.04 Å². The zero-order valence-corrected chi connectivity index (χ0v) is 11.5. The van der Waals surface area contributed by atoms with E-state index in [-0.39, 0.29) is 5.60 Å². The molecule has 92 valence electrons. The average Bonchev–Trinajstić information content (AvgIpc) is 2.66. The number of ether oxygens (including phenoxy) is 1. The minimum Gasteiger partial charge on any atom is -0.379 e. The van der Waals surface area contributed by atoms with Gasteiger partial charge in [-0.3, -0.25) is 0 Å². The molecule has 4 nitrogen and oxygen atoms in total. The van der Waals surface area contributed by atoms with Crippen LogP contribution in [0.15, 0.2) is 0 Å². The third-order valence-electron chi connectivity index (χ3n) is 2.94. The number of nitrogens with one attached hydrogen (secondary N) is 1. The van der Waals surface area contributed by atoms with E-state index in [1.165, 1.54) is 16.4 Å². The molecule has 0 spiro atoms. The zero-order valence-electron chi connectivity index (χ0n) is 10.7. The first-order valence-electron chi connectivity index (χ1n) is 5.51. The summed E-state index contributed by atoms with van der Waals surface area (Å²) in [6.45, 7) is 6.22. The summed E-state index contributed by atoms with van der Waals surface area (Å²) in [4.78, 5) is 1.23. The van der Waals surface area contributed by atoms with Crippen LogP contribution in [0.4, 0.5) is 0 Å². The summed E-state index contributed by atoms with van der Waals surface area (Å²) >= 11 is 1.48. The van der Waals surface area contributed by atoms with Crippen molar-refractivity contribution in [2.45, 2.75) is 45.3 Å². The van der Waals surface area contributed by atoms with Crippen LogP contribution in [0.25, 0.3) is 0 Å². The number of nitrogens with zero attached hydrogens (tertiary/aromatic N) is 2. The molecule has 1 rings (SSSR count). The topological polar surface area (TPSA) is 47.0 Å². The van der Waals surface area contributed by atoms with Crippen LogP contribution in [0.5, 0.6) is 0 Å². The summed E-state index contributed by atoms with van der Waals surface area (Å²) in [6.07, 6.45) is 2.04.